The Morgan fingerprint density at radius 2 is 1.72 bits per heavy atom. The van der Waals surface area contributed by atoms with E-state index in [0.29, 0.717) is 29.2 Å². The number of ether oxygens (including phenoxy) is 1. The second-order valence-corrected chi connectivity index (χ2v) is 8.01. The summed E-state index contributed by atoms with van der Waals surface area (Å²) < 4.78 is 44.8. The number of carbonyl (C=O) groups excluding carboxylic acids is 1. The van der Waals surface area contributed by atoms with Crippen molar-refractivity contribution in [2.75, 3.05) is 11.9 Å². The summed E-state index contributed by atoms with van der Waals surface area (Å²) in [6.07, 6.45) is 2.71. The molecule has 2 N–H and O–H groups in total. The molecule has 0 saturated carbocycles. The van der Waals surface area contributed by atoms with Crippen molar-refractivity contribution in [1.82, 2.24) is 10.2 Å². The Morgan fingerprint density at radius 1 is 1.03 bits per heavy atom. The summed E-state index contributed by atoms with van der Waals surface area (Å²) in [4.78, 5) is 12.5. The quantitative estimate of drug-likeness (QED) is 0.206. The molecule has 184 valence electrons. The molecule has 1 heterocycles. The number of aromatic amines is 1. The molecular weight excluding hydrogens is 467 g/mol. The number of aromatic nitrogens is 2. The van der Waals surface area contributed by atoms with Crippen molar-refractivity contribution >= 4 is 28.1 Å². The molecule has 0 aliphatic carbocycles. The van der Waals surface area contributed by atoms with Gasteiger partial charge in [0.2, 0.25) is 5.91 Å². The number of allylic oxidation sites excluding steroid dienone is 2. The van der Waals surface area contributed by atoms with E-state index in [9.17, 15) is 18.0 Å². The van der Waals surface area contributed by atoms with Crippen LogP contribution in [0.25, 0.3) is 16.5 Å². The number of hydrogen-bond donors (Lipinski definition) is 2. The van der Waals surface area contributed by atoms with Crippen molar-refractivity contribution < 1.29 is 22.7 Å². The second kappa shape index (κ2) is 10.9. The average Bonchev–Trinajstić information content (AvgIpc) is 3.36. The predicted octanol–water partition coefficient (Wildman–Crippen LogP) is 7.00. The Morgan fingerprint density at radius 3 is 2.39 bits per heavy atom. The molecule has 4 rings (SSSR count). The van der Waals surface area contributed by atoms with Gasteiger partial charge in [-0.25, -0.2) is 0 Å². The first-order valence-corrected chi connectivity index (χ1v) is 11.4. The van der Waals surface area contributed by atoms with Crippen LogP contribution in [0.4, 0.5) is 18.9 Å². The van der Waals surface area contributed by atoms with Crippen LogP contribution in [0.1, 0.15) is 30.0 Å². The zero-order valence-electron chi connectivity index (χ0n) is 19.5. The first-order chi connectivity index (χ1) is 17.3. The molecule has 36 heavy (non-hydrogen) atoms. The van der Waals surface area contributed by atoms with E-state index in [1.54, 1.807) is 30.5 Å². The number of benzene rings is 3. The molecule has 0 radical (unpaired) electrons. The molecule has 4 aromatic rings. The Labute approximate surface area is 206 Å². The van der Waals surface area contributed by atoms with Crippen molar-refractivity contribution in [3.8, 4) is 5.75 Å². The zero-order chi connectivity index (χ0) is 25.5. The van der Waals surface area contributed by atoms with Crippen molar-refractivity contribution in [3.05, 3.63) is 108 Å². The standard InChI is InChI=1S/C28H24F3N3O2/c1-2-17-36-22-15-11-20(12-16-22)23(19-9-13-21(14-10-19)28(29,30)31)5-3-8-27(35)33-25-6-4-7-26-24(25)18-32-34-26/h3-16,18H,2,17H2,1H3,(H,32,34)(H,33,35)/b8-3+,23-5-. The van der Waals surface area contributed by atoms with E-state index in [4.69, 9.17) is 4.74 Å². The number of rotatable bonds is 8. The minimum absolute atomic E-state index is 0.352. The lowest BCUT2D eigenvalue weighted by Crippen LogP contribution is -2.07. The number of alkyl halides is 3. The fraction of sp³-hybridized carbons (Fsp3) is 0.143. The molecule has 3 aromatic carbocycles. The van der Waals surface area contributed by atoms with E-state index >= 15 is 0 Å². The minimum atomic E-state index is -4.42. The monoisotopic (exact) mass is 491 g/mol. The highest BCUT2D eigenvalue weighted by atomic mass is 19.4. The predicted molar refractivity (Wildman–Crippen MR) is 135 cm³/mol. The van der Waals surface area contributed by atoms with Gasteiger partial charge in [-0.3, -0.25) is 9.89 Å². The molecule has 1 amide bonds. The summed E-state index contributed by atoms with van der Waals surface area (Å²) in [6, 6.07) is 17.7. The van der Waals surface area contributed by atoms with E-state index in [-0.39, 0.29) is 5.91 Å². The zero-order valence-corrected chi connectivity index (χ0v) is 19.5. The molecule has 5 nitrogen and oxygen atoms in total. The summed E-state index contributed by atoms with van der Waals surface area (Å²) in [6.45, 7) is 2.60. The van der Waals surface area contributed by atoms with E-state index in [1.807, 2.05) is 37.3 Å². The Bertz CT molecular complexity index is 1390. The summed E-state index contributed by atoms with van der Waals surface area (Å²) >= 11 is 0. The van der Waals surface area contributed by atoms with Crippen LogP contribution in [-0.4, -0.2) is 22.7 Å². The number of nitrogens with one attached hydrogen (secondary N) is 2. The van der Waals surface area contributed by atoms with E-state index in [0.717, 1.165) is 35.0 Å². The van der Waals surface area contributed by atoms with Gasteiger partial charge in [-0.05, 0) is 59.5 Å². The third kappa shape index (κ3) is 6.02. The highest BCUT2D eigenvalue weighted by molar-refractivity contribution is 6.05. The smallest absolute Gasteiger partial charge is 0.416 e. The van der Waals surface area contributed by atoms with Gasteiger partial charge in [0.15, 0.2) is 0 Å². The molecule has 0 aliphatic heterocycles. The number of anilines is 1. The van der Waals surface area contributed by atoms with Gasteiger partial charge < -0.3 is 10.1 Å². The maximum absolute atomic E-state index is 13.0. The lowest BCUT2D eigenvalue weighted by molar-refractivity contribution is -0.137. The molecule has 8 heteroatoms. The molecule has 0 bridgehead atoms. The van der Waals surface area contributed by atoms with Crippen molar-refractivity contribution in [2.24, 2.45) is 0 Å². The van der Waals surface area contributed by atoms with Crippen LogP contribution in [0.5, 0.6) is 5.75 Å². The Hall–Kier alpha value is -4.33. The lowest BCUT2D eigenvalue weighted by Gasteiger charge is -2.12. The van der Waals surface area contributed by atoms with Gasteiger partial charge in [0, 0.05) is 11.5 Å². The van der Waals surface area contributed by atoms with E-state index in [2.05, 4.69) is 15.5 Å². The number of hydrogen-bond acceptors (Lipinski definition) is 3. The van der Waals surface area contributed by atoms with Crippen molar-refractivity contribution in [3.63, 3.8) is 0 Å². The molecule has 0 atom stereocenters. The molecule has 0 aliphatic rings. The number of H-pyrrole nitrogens is 1. The van der Waals surface area contributed by atoms with E-state index in [1.165, 1.54) is 18.2 Å². The molecule has 0 unspecified atom stereocenters. The third-order valence-electron chi connectivity index (χ3n) is 5.41. The third-order valence-corrected chi connectivity index (χ3v) is 5.41. The summed E-state index contributed by atoms with van der Waals surface area (Å²) in [7, 11) is 0. The Balaban J connectivity index is 1.59. The maximum Gasteiger partial charge on any atom is 0.416 e. The fourth-order valence-electron chi connectivity index (χ4n) is 3.63. The topological polar surface area (TPSA) is 67.0 Å². The first kappa shape index (κ1) is 24.8. The average molecular weight is 492 g/mol. The Kier molecular flexibility index (Phi) is 7.53. The number of nitrogens with zero attached hydrogens (tertiary/aromatic N) is 1. The fourth-order valence-corrected chi connectivity index (χ4v) is 3.63. The number of carbonyl (C=O) groups is 1. The summed E-state index contributed by atoms with van der Waals surface area (Å²) in [5.41, 5.74) is 2.70. The van der Waals surface area contributed by atoms with Gasteiger partial charge in [-0.15, -0.1) is 0 Å². The SMILES string of the molecule is CCCOc1ccc(/C(=C\C=C\C(=O)Nc2cccc3[nH]ncc23)c2ccc(C(F)(F)F)cc2)cc1. The van der Waals surface area contributed by atoms with Crippen molar-refractivity contribution in [1.29, 1.82) is 0 Å². The lowest BCUT2D eigenvalue weighted by atomic mass is 9.96. The van der Waals surface area contributed by atoms with Gasteiger partial charge in [-0.2, -0.15) is 18.3 Å². The van der Waals surface area contributed by atoms with Crippen LogP contribution >= 0.6 is 0 Å². The van der Waals surface area contributed by atoms with Crippen LogP contribution in [0.15, 0.2) is 91.2 Å². The van der Waals surface area contributed by atoms with Crippen LogP contribution < -0.4 is 10.1 Å². The van der Waals surface area contributed by atoms with Gasteiger partial charge in [-0.1, -0.05) is 49.4 Å². The second-order valence-electron chi connectivity index (χ2n) is 8.01. The minimum Gasteiger partial charge on any atom is -0.494 e. The molecule has 0 saturated heterocycles. The first-order valence-electron chi connectivity index (χ1n) is 11.4. The van der Waals surface area contributed by atoms with Crippen LogP contribution in [0.3, 0.4) is 0 Å². The van der Waals surface area contributed by atoms with Gasteiger partial charge in [0.25, 0.3) is 0 Å². The maximum atomic E-state index is 13.0. The number of fused-ring (bicyclic) bond motifs is 1. The molecule has 0 fully saturated rings. The highest BCUT2D eigenvalue weighted by Gasteiger charge is 2.30. The van der Waals surface area contributed by atoms with Crippen LogP contribution in [0.2, 0.25) is 0 Å². The molecular formula is C28H24F3N3O2. The normalized spacial score (nSPS) is 12.3. The van der Waals surface area contributed by atoms with Crippen LogP contribution in [-0.2, 0) is 11.0 Å². The highest BCUT2D eigenvalue weighted by Crippen LogP contribution is 2.32. The summed E-state index contributed by atoms with van der Waals surface area (Å²) in [5.74, 6) is 0.353. The van der Waals surface area contributed by atoms with E-state index < -0.39 is 11.7 Å². The van der Waals surface area contributed by atoms with Gasteiger partial charge in [0.05, 0.1) is 29.6 Å². The summed E-state index contributed by atoms with van der Waals surface area (Å²) in [5, 5.41) is 10.4. The molecule has 1 aromatic heterocycles. The number of amides is 1. The number of halogens is 3. The largest absolute Gasteiger partial charge is 0.494 e. The van der Waals surface area contributed by atoms with Crippen LogP contribution in [0, 0.1) is 0 Å². The molecule has 0 spiro atoms. The van der Waals surface area contributed by atoms with Gasteiger partial charge in [0.1, 0.15) is 5.75 Å². The van der Waals surface area contributed by atoms with Crippen molar-refractivity contribution in [2.45, 2.75) is 19.5 Å². The van der Waals surface area contributed by atoms with Gasteiger partial charge >= 0.3 is 6.18 Å².